The van der Waals surface area contributed by atoms with Crippen LogP contribution >= 0.6 is 0 Å². The molecule has 0 saturated heterocycles. The molecule has 4 aromatic rings. The van der Waals surface area contributed by atoms with Crippen molar-refractivity contribution in [3.8, 4) is 11.5 Å². The number of methoxy groups -OCH3 is 1. The first-order valence-electron chi connectivity index (χ1n) is 9.31. The van der Waals surface area contributed by atoms with Gasteiger partial charge in [0.2, 0.25) is 0 Å². The number of benzene rings is 2. The summed E-state index contributed by atoms with van der Waals surface area (Å²) in [5.74, 6) is -0.301. The van der Waals surface area contributed by atoms with Crippen LogP contribution in [0.5, 0.6) is 11.5 Å². The second-order valence-corrected chi connectivity index (χ2v) is 8.29. The molecule has 0 radical (unpaired) electrons. The van der Waals surface area contributed by atoms with Gasteiger partial charge < -0.3 is 9.47 Å². The van der Waals surface area contributed by atoms with Crippen molar-refractivity contribution >= 4 is 26.6 Å². The Labute approximate surface area is 178 Å². The van der Waals surface area contributed by atoms with Crippen LogP contribution in [-0.2, 0) is 21.3 Å². The van der Waals surface area contributed by atoms with Gasteiger partial charge in [0.1, 0.15) is 10.6 Å². The van der Waals surface area contributed by atoms with Gasteiger partial charge in [-0.2, -0.15) is 5.10 Å². The molecule has 2 heterocycles. The standard InChI is InChI=1S/C21H19FN4O4S/c1-29-11-10-26-14-16(13-24-26)31(27,28)25-15-6-7-21(18(22)12-15)30-20-8-9-23-19-5-3-2-4-17(19)20/h2-9,12-14,25H,10-11H2,1H3. The largest absolute Gasteiger partial charge is 0.454 e. The van der Waals surface area contributed by atoms with Crippen molar-refractivity contribution in [2.45, 2.75) is 11.4 Å². The molecule has 0 fully saturated rings. The number of ether oxygens (including phenoxy) is 2. The number of rotatable bonds is 8. The fourth-order valence-corrected chi connectivity index (χ4v) is 3.93. The van der Waals surface area contributed by atoms with Gasteiger partial charge in [0.05, 0.1) is 30.6 Å². The van der Waals surface area contributed by atoms with Crippen molar-refractivity contribution in [3.05, 3.63) is 72.9 Å². The summed E-state index contributed by atoms with van der Waals surface area (Å²) in [5.41, 5.74) is 0.782. The second kappa shape index (κ2) is 8.70. The summed E-state index contributed by atoms with van der Waals surface area (Å²) in [5, 5.41) is 4.72. The van der Waals surface area contributed by atoms with Gasteiger partial charge in [-0.1, -0.05) is 12.1 Å². The average molecular weight is 442 g/mol. The number of pyridine rings is 1. The molecule has 10 heteroatoms. The molecule has 0 amide bonds. The van der Waals surface area contributed by atoms with Crippen LogP contribution in [0, 0.1) is 5.82 Å². The highest BCUT2D eigenvalue weighted by atomic mass is 32.2. The molecule has 0 aliphatic heterocycles. The van der Waals surface area contributed by atoms with Crippen molar-refractivity contribution in [2.75, 3.05) is 18.4 Å². The maximum Gasteiger partial charge on any atom is 0.265 e. The lowest BCUT2D eigenvalue weighted by atomic mass is 10.2. The van der Waals surface area contributed by atoms with Crippen LogP contribution in [-0.4, -0.2) is 36.9 Å². The van der Waals surface area contributed by atoms with Crippen LogP contribution < -0.4 is 9.46 Å². The summed E-state index contributed by atoms with van der Waals surface area (Å²) < 4.78 is 54.2. The van der Waals surface area contributed by atoms with Gasteiger partial charge in [0, 0.05) is 31.0 Å². The molecule has 0 aliphatic rings. The number of anilines is 1. The van der Waals surface area contributed by atoms with Crippen molar-refractivity contribution in [1.29, 1.82) is 0 Å². The van der Waals surface area contributed by atoms with E-state index in [1.54, 1.807) is 19.4 Å². The zero-order valence-electron chi connectivity index (χ0n) is 16.5. The summed E-state index contributed by atoms with van der Waals surface area (Å²) in [7, 11) is -2.38. The minimum Gasteiger partial charge on any atom is -0.454 e. The highest BCUT2D eigenvalue weighted by Crippen LogP contribution is 2.31. The van der Waals surface area contributed by atoms with E-state index < -0.39 is 15.8 Å². The Balaban J connectivity index is 1.52. The Kier molecular flexibility index (Phi) is 5.83. The zero-order valence-corrected chi connectivity index (χ0v) is 17.3. The first-order chi connectivity index (χ1) is 15.0. The van der Waals surface area contributed by atoms with E-state index in [0.29, 0.717) is 18.9 Å². The minimum atomic E-state index is -3.92. The lowest BCUT2D eigenvalue weighted by Gasteiger charge is -2.11. The molecule has 160 valence electrons. The van der Waals surface area contributed by atoms with E-state index in [2.05, 4.69) is 14.8 Å². The maximum absolute atomic E-state index is 14.7. The quantitative estimate of drug-likeness (QED) is 0.446. The van der Waals surface area contributed by atoms with Gasteiger partial charge in [0.15, 0.2) is 11.6 Å². The van der Waals surface area contributed by atoms with Crippen molar-refractivity contribution in [2.24, 2.45) is 0 Å². The molecular weight excluding hydrogens is 423 g/mol. The van der Waals surface area contributed by atoms with Gasteiger partial charge in [-0.15, -0.1) is 0 Å². The summed E-state index contributed by atoms with van der Waals surface area (Å²) >= 11 is 0. The first-order valence-corrected chi connectivity index (χ1v) is 10.8. The van der Waals surface area contributed by atoms with Crippen molar-refractivity contribution in [1.82, 2.24) is 14.8 Å². The number of nitrogens with zero attached hydrogens (tertiary/aromatic N) is 3. The van der Waals surface area contributed by atoms with Crippen molar-refractivity contribution in [3.63, 3.8) is 0 Å². The average Bonchev–Trinajstić information content (AvgIpc) is 3.24. The third-order valence-corrected chi connectivity index (χ3v) is 5.79. The van der Waals surface area contributed by atoms with Gasteiger partial charge in [0.25, 0.3) is 10.0 Å². The van der Waals surface area contributed by atoms with Crippen LogP contribution in [0.3, 0.4) is 0 Å². The third-order valence-electron chi connectivity index (χ3n) is 4.46. The van der Waals surface area contributed by atoms with E-state index in [9.17, 15) is 12.8 Å². The maximum atomic E-state index is 14.7. The summed E-state index contributed by atoms with van der Waals surface area (Å²) in [6.45, 7) is 0.810. The second-order valence-electron chi connectivity index (χ2n) is 6.61. The van der Waals surface area contributed by atoms with E-state index in [0.717, 1.165) is 17.0 Å². The number of hydrogen-bond donors (Lipinski definition) is 1. The molecule has 2 aromatic heterocycles. The fourth-order valence-electron chi connectivity index (χ4n) is 2.93. The number of fused-ring (bicyclic) bond motifs is 1. The van der Waals surface area contributed by atoms with Crippen LogP contribution in [0.2, 0.25) is 0 Å². The molecule has 0 unspecified atom stereocenters. The Morgan fingerprint density at radius 3 is 2.77 bits per heavy atom. The van der Waals surface area contributed by atoms with Gasteiger partial charge in [-0.3, -0.25) is 14.4 Å². The zero-order chi connectivity index (χ0) is 21.8. The Morgan fingerprint density at radius 2 is 1.97 bits per heavy atom. The summed E-state index contributed by atoms with van der Waals surface area (Å²) in [6.07, 6.45) is 4.18. The van der Waals surface area contributed by atoms with Crippen LogP contribution in [0.1, 0.15) is 0 Å². The lowest BCUT2D eigenvalue weighted by molar-refractivity contribution is 0.183. The summed E-state index contributed by atoms with van der Waals surface area (Å²) in [4.78, 5) is 4.21. The molecule has 0 bridgehead atoms. The van der Waals surface area contributed by atoms with E-state index in [4.69, 9.17) is 9.47 Å². The molecule has 4 rings (SSSR count). The number of aromatic nitrogens is 3. The molecule has 31 heavy (non-hydrogen) atoms. The van der Waals surface area contributed by atoms with Gasteiger partial charge in [-0.25, -0.2) is 12.8 Å². The van der Waals surface area contributed by atoms with Crippen LogP contribution in [0.4, 0.5) is 10.1 Å². The third kappa shape index (κ3) is 4.65. The molecule has 1 N–H and O–H groups in total. The number of nitrogens with one attached hydrogen (secondary N) is 1. The molecule has 0 saturated carbocycles. The smallest absolute Gasteiger partial charge is 0.265 e. The van der Waals surface area contributed by atoms with Gasteiger partial charge in [-0.05, 0) is 30.3 Å². The fraction of sp³-hybridized carbons (Fsp3) is 0.143. The molecule has 0 aliphatic carbocycles. The normalized spacial score (nSPS) is 11.5. The van der Waals surface area contributed by atoms with E-state index in [1.807, 2.05) is 24.3 Å². The number of hydrogen-bond acceptors (Lipinski definition) is 6. The predicted molar refractivity (Wildman–Crippen MR) is 113 cm³/mol. The van der Waals surface area contributed by atoms with Crippen LogP contribution in [0.15, 0.2) is 72.0 Å². The molecule has 2 aromatic carbocycles. The van der Waals surface area contributed by atoms with E-state index >= 15 is 0 Å². The molecule has 0 atom stereocenters. The highest BCUT2D eigenvalue weighted by molar-refractivity contribution is 7.92. The van der Waals surface area contributed by atoms with E-state index in [-0.39, 0.29) is 16.3 Å². The molecule has 8 nitrogen and oxygen atoms in total. The van der Waals surface area contributed by atoms with Crippen molar-refractivity contribution < 1.29 is 22.3 Å². The van der Waals surface area contributed by atoms with Crippen LogP contribution in [0.25, 0.3) is 10.9 Å². The summed E-state index contributed by atoms with van der Waals surface area (Å²) in [6, 6.07) is 12.8. The molecular formula is C21H19FN4O4S. The minimum absolute atomic E-state index is 0.0346. The number of halogens is 1. The lowest BCUT2D eigenvalue weighted by Crippen LogP contribution is -2.12. The monoisotopic (exact) mass is 442 g/mol. The first kappa shape index (κ1) is 20.8. The number of sulfonamides is 1. The topological polar surface area (TPSA) is 95.3 Å². The highest BCUT2D eigenvalue weighted by Gasteiger charge is 2.18. The van der Waals surface area contributed by atoms with E-state index in [1.165, 1.54) is 29.2 Å². The Hall–Kier alpha value is -3.50. The SMILES string of the molecule is COCCn1cc(S(=O)(=O)Nc2ccc(Oc3ccnc4ccccc34)c(F)c2)cn1. The Bertz CT molecular complexity index is 1320. The predicted octanol–water partition coefficient (Wildman–Crippen LogP) is 3.81. The Morgan fingerprint density at radius 1 is 1.13 bits per heavy atom. The van der Waals surface area contributed by atoms with Gasteiger partial charge >= 0.3 is 0 Å². The molecule has 0 spiro atoms. The number of para-hydroxylation sites is 1.